The number of aromatic nitrogens is 1. The number of aryl methyl sites for hydroxylation is 2. The molecule has 0 spiro atoms. The van der Waals surface area contributed by atoms with Crippen LogP contribution in [0.2, 0.25) is 0 Å². The number of pyridine rings is 1. The van der Waals surface area contributed by atoms with E-state index in [1.807, 2.05) is 44.2 Å². The molecule has 3 rings (SSSR count). The highest BCUT2D eigenvalue weighted by molar-refractivity contribution is 6.05. The fraction of sp³-hybridized carbons (Fsp3) is 0.136. The van der Waals surface area contributed by atoms with Crippen molar-refractivity contribution in [1.29, 1.82) is 0 Å². The lowest BCUT2D eigenvalue weighted by Crippen LogP contribution is -2.14. The van der Waals surface area contributed by atoms with Crippen molar-refractivity contribution < 1.29 is 9.59 Å². The van der Waals surface area contributed by atoms with E-state index < -0.39 is 0 Å². The summed E-state index contributed by atoms with van der Waals surface area (Å²) in [5, 5.41) is 6.10. The molecule has 2 N–H and O–H groups in total. The summed E-state index contributed by atoms with van der Waals surface area (Å²) in [5.74, 6) is 0.449. The second-order valence-corrected chi connectivity index (χ2v) is 6.41. The van der Waals surface area contributed by atoms with E-state index in [2.05, 4.69) is 15.6 Å². The molecule has 3 aromatic rings. The fourth-order valence-corrected chi connectivity index (χ4v) is 2.74. The Hall–Kier alpha value is -3.47. The van der Waals surface area contributed by atoms with Crippen LogP contribution in [0.5, 0.6) is 0 Å². The van der Waals surface area contributed by atoms with E-state index in [1.165, 1.54) is 13.1 Å². The second-order valence-electron chi connectivity index (χ2n) is 6.41. The van der Waals surface area contributed by atoms with E-state index in [-0.39, 0.29) is 11.7 Å². The summed E-state index contributed by atoms with van der Waals surface area (Å²) in [6.45, 7) is 5.46. The standard InChI is InChI=1S/C22H21N3O2/c1-14-5-4-6-15(2)21(14)25-22(27)18-9-12-20(23-13-18)24-19-10-7-17(8-11-19)16(3)26/h4-13H,1-3H3,(H,23,24)(H,25,27). The van der Waals surface area contributed by atoms with Gasteiger partial charge >= 0.3 is 0 Å². The van der Waals surface area contributed by atoms with Crippen LogP contribution in [0, 0.1) is 13.8 Å². The maximum absolute atomic E-state index is 12.5. The van der Waals surface area contributed by atoms with E-state index in [0.29, 0.717) is 16.9 Å². The summed E-state index contributed by atoms with van der Waals surface area (Å²) in [4.78, 5) is 28.1. The largest absolute Gasteiger partial charge is 0.340 e. The SMILES string of the molecule is CC(=O)c1ccc(Nc2ccc(C(=O)Nc3c(C)cccc3C)cn2)cc1. The number of amides is 1. The van der Waals surface area contributed by atoms with Crippen molar-refractivity contribution in [1.82, 2.24) is 4.98 Å². The van der Waals surface area contributed by atoms with Crippen molar-refractivity contribution in [2.45, 2.75) is 20.8 Å². The number of anilines is 3. The van der Waals surface area contributed by atoms with Crippen molar-refractivity contribution in [2.75, 3.05) is 10.6 Å². The van der Waals surface area contributed by atoms with Crippen LogP contribution in [-0.2, 0) is 0 Å². The molecular weight excluding hydrogens is 338 g/mol. The molecule has 0 aliphatic heterocycles. The first-order chi connectivity index (χ1) is 12.9. The number of ketones is 1. The molecule has 0 atom stereocenters. The molecule has 0 bridgehead atoms. The van der Waals surface area contributed by atoms with Gasteiger partial charge in [-0.1, -0.05) is 18.2 Å². The Kier molecular flexibility index (Phi) is 5.31. The van der Waals surface area contributed by atoms with Crippen molar-refractivity contribution in [2.24, 2.45) is 0 Å². The number of rotatable bonds is 5. The highest BCUT2D eigenvalue weighted by atomic mass is 16.1. The number of hydrogen-bond acceptors (Lipinski definition) is 4. The Balaban J connectivity index is 1.69. The smallest absolute Gasteiger partial charge is 0.257 e. The number of carbonyl (C=O) groups is 2. The van der Waals surface area contributed by atoms with Crippen molar-refractivity contribution in [3.05, 3.63) is 83.0 Å². The summed E-state index contributed by atoms with van der Waals surface area (Å²) < 4.78 is 0. The summed E-state index contributed by atoms with van der Waals surface area (Å²) in [6.07, 6.45) is 1.54. The van der Waals surface area contributed by atoms with Gasteiger partial charge in [-0.2, -0.15) is 0 Å². The molecule has 1 heterocycles. The van der Waals surface area contributed by atoms with Gasteiger partial charge in [0.2, 0.25) is 0 Å². The van der Waals surface area contributed by atoms with Gasteiger partial charge in [0.25, 0.3) is 5.91 Å². The molecule has 0 saturated carbocycles. The molecule has 1 aromatic heterocycles. The molecule has 2 aromatic carbocycles. The molecule has 0 aliphatic rings. The molecule has 27 heavy (non-hydrogen) atoms. The first-order valence-corrected chi connectivity index (χ1v) is 8.65. The fourth-order valence-electron chi connectivity index (χ4n) is 2.74. The minimum Gasteiger partial charge on any atom is -0.340 e. The third-order valence-electron chi connectivity index (χ3n) is 4.31. The van der Waals surface area contributed by atoms with Crippen LogP contribution in [0.1, 0.15) is 38.8 Å². The lowest BCUT2D eigenvalue weighted by Gasteiger charge is -2.12. The third-order valence-corrected chi connectivity index (χ3v) is 4.31. The first-order valence-electron chi connectivity index (χ1n) is 8.65. The van der Waals surface area contributed by atoms with Gasteiger partial charge in [0.15, 0.2) is 5.78 Å². The number of hydrogen-bond donors (Lipinski definition) is 2. The Bertz CT molecular complexity index is 957. The van der Waals surface area contributed by atoms with Crippen LogP contribution < -0.4 is 10.6 Å². The van der Waals surface area contributed by atoms with Gasteiger partial charge in [0.1, 0.15) is 5.82 Å². The van der Waals surface area contributed by atoms with Crippen LogP contribution in [0.25, 0.3) is 0 Å². The highest BCUT2D eigenvalue weighted by Crippen LogP contribution is 2.21. The lowest BCUT2D eigenvalue weighted by atomic mass is 10.1. The number of carbonyl (C=O) groups excluding carboxylic acids is 2. The normalized spacial score (nSPS) is 10.3. The predicted molar refractivity (Wildman–Crippen MR) is 108 cm³/mol. The molecule has 5 heteroatoms. The Labute approximate surface area is 158 Å². The molecule has 5 nitrogen and oxygen atoms in total. The zero-order chi connectivity index (χ0) is 19.4. The quantitative estimate of drug-likeness (QED) is 0.636. The molecule has 0 aliphatic carbocycles. The summed E-state index contributed by atoms with van der Waals surface area (Å²) in [7, 11) is 0. The maximum Gasteiger partial charge on any atom is 0.257 e. The first kappa shape index (κ1) is 18.3. The van der Waals surface area contributed by atoms with Gasteiger partial charge < -0.3 is 10.6 Å². The third kappa shape index (κ3) is 4.39. The van der Waals surface area contributed by atoms with Crippen LogP contribution in [0.3, 0.4) is 0 Å². The van der Waals surface area contributed by atoms with Crippen LogP contribution in [-0.4, -0.2) is 16.7 Å². The van der Waals surface area contributed by atoms with Gasteiger partial charge in [0, 0.05) is 23.1 Å². The molecule has 136 valence electrons. The Morgan fingerprint density at radius 2 is 1.48 bits per heavy atom. The predicted octanol–water partition coefficient (Wildman–Crippen LogP) is 4.90. The van der Waals surface area contributed by atoms with E-state index in [9.17, 15) is 9.59 Å². The Morgan fingerprint density at radius 1 is 0.852 bits per heavy atom. The average molecular weight is 359 g/mol. The van der Waals surface area contributed by atoms with Gasteiger partial charge in [0.05, 0.1) is 5.56 Å². The van der Waals surface area contributed by atoms with E-state index >= 15 is 0 Å². The topological polar surface area (TPSA) is 71.1 Å². The van der Waals surface area contributed by atoms with Gasteiger partial charge in [-0.15, -0.1) is 0 Å². The summed E-state index contributed by atoms with van der Waals surface area (Å²) in [5.41, 5.74) is 4.82. The minimum absolute atomic E-state index is 0.0268. The van der Waals surface area contributed by atoms with E-state index in [0.717, 1.165) is 22.5 Å². The number of nitrogens with zero attached hydrogens (tertiary/aromatic N) is 1. The molecule has 0 saturated heterocycles. The number of Topliss-reactive ketones (excluding diaryl/α,β-unsaturated/α-hetero) is 1. The van der Waals surface area contributed by atoms with Crippen LogP contribution in [0.4, 0.5) is 17.2 Å². The minimum atomic E-state index is -0.197. The zero-order valence-corrected chi connectivity index (χ0v) is 15.5. The number of benzene rings is 2. The lowest BCUT2D eigenvalue weighted by molar-refractivity contribution is 0.101. The Morgan fingerprint density at radius 3 is 2.04 bits per heavy atom. The van der Waals surface area contributed by atoms with Gasteiger partial charge in [-0.3, -0.25) is 9.59 Å². The number of nitrogens with one attached hydrogen (secondary N) is 2. The molecule has 1 amide bonds. The van der Waals surface area contributed by atoms with Gasteiger partial charge in [-0.05, 0) is 68.3 Å². The maximum atomic E-state index is 12.5. The second kappa shape index (κ2) is 7.83. The molecule has 0 unspecified atom stereocenters. The average Bonchev–Trinajstić information content (AvgIpc) is 2.66. The van der Waals surface area contributed by atoms with Crippen molar-refractivity contribution in [3.63, 3.8) is 0 Å². The van der Waals surface area contributed by atoms with Crippen LogP contribution in [0.15, 0.2) is 60.8 Å². The van der Waals surface area contributed by atoms with Crippen LogP contribution >= 0.6 is 0 Å². The summed E-state index contributed by atoms with van der Waals surface area (Å²) in [6, 6.07) is 16.5. The van der Waals surface area contributed by atoms with Gasteiger partial charge in [-0.25, -0.2) is 4.98 Å². The van der Waals surface area contributed by atoms with Crippen molar-refractivity contribution in [3.8, 4) is 0 Å². The molecule has 0 radical (unpaired) electrons. The number of para-hydroxylation sites is 1. The monoisotopic (exact) mass is 359 g/mol. The summed E-state index contributed by atoms with van der Waals surface area (Å²) >= 11 is 0. The molecular formula is C22H21N3O2. The zero-order valence-electron chi connectivity index (χ0n) is 15.5. The van der Waals surface area contributed by atoms with E-state index in [4.69, 9.17) is 0 Å². The van der Waals surface area contributed by atoms with Crippen molar-refractivity contribution >= 4 is 28.9 Å². The van der Waals surface area contributed by atoms with E-state index in [1.54, 1.807) is 24.3 Å². The molecule has 0 fully saturated rings. The highest BCUT2D eigenvalue weighted by Gasteiger charge is 2.10.